The first-order chi connectivity index (χ1) is 8.33. The van der Waals surface area contributed by atoms with Gasteiger partial charge in [-0.15, -0.1) is 0 Å². The highest BCUT2D eigenvalue weighted by Gasteiger charge is 2.19. The zero-order valence-electron chi connectivity index (χ0n) is 9.58. The van der Waals surface area contributed by atoms with Crippen molar-refractivity contribution in [2.45, 2.75) is 31.7 Å². The summed E-state index contributed by atoms with van der Waals surface area (Å²) in [5.41, 5.74) is 1.80. The van der Waals surface area contributed by atoms with Crippen molar-refractivity contribution >= 4 is 27.0 Å². The molecule has 90 valence electrons. The Kier molecular flexibility index (Phi) is 3.16. The van der Waals surface area contributed by atoms with Crippen LogP contribution in [0.5, 0.6) is 0 Å². The van der Waals surface area contributed by atoms with E-state index in [0.29, 0.717) is 0 Å². The van der Waals surface area contributed by atoms with Gasteiger partial charge in [0.15, 0.2) is 5.58 Å². The number of nitrogens with zero attached hydrogens (tertiary/aromatic N) is 1. The Labute approximate surface area is 109 Å². The van der Waals surface area contributed by atoms with Crippen molar-refractivity contribution in [3.8, 4) is 0 Å². The van der Waals surface area contributed by atoms with Crippen LogP contribution >= 0.6 is 15.9 Å². The molecule has 4 heteroatoms. The predicted octanol–water partition coefficient (Wildman–Crippen LogP) is 3.80. The second-order valence-corrected chi connectivity index (χ2v) is 5.44. The van der Waals surface area contributed by atoms with E-state index in [1.165, 1.54) is 19.3 Å². The Morgan fingerprint density at radius 2 is 2.24 bits per heavy atom. The van der Waals surface area contributed by atoms with Crippen LogP contribution in [0.4, 0.5) is 0 Å². The molecule has 1 unspecified atom stereocenters. The highest BCUT2D eigenvalue weighted by Crippen LogP contribution is 2.27. The van der Waals surface area contributed by atoms with Gasteiger partial charge < -0.3 is 9.73 Å². The van der Waals surface area contributed by atoms with E-state index >= 15 is 0 Å². The smallest absolute Gasteiger partial charge is 0.212 e. The molecule has 2 heterocycles. The number of aromatic nitrogens is 1. The van der Waals surface area contributed by atoms with E-state index in [1.54, 1.807) is 0 Å². The quantitative estimate of drug-likeness (QED) is 0.869. The van der Waals surface area contributed by atoms with Crippen molar-refractivity contribution in [2.75, 3.05) is 6.54 Å². The fourth-order valence-corrected chi connectivity index (χ4v) is 2.66. The lowest BCUT2D eigenvalue weighted by Crippen LogP contribution is -2.20. The van der Waals surface area contributed by atoms with Gasteiger partial charge in [-0.3, -0.25) is 0 Å². The zero-order valence-corrected chi connectivity index (χ0v) is 11.2. The van der Waals surface area contributed by atoms with Gasteiger partial charge >= 0.3 is 0 Å². The van der Waals surface area contributed by atoms with E-state index in [9.17, 15) is 0 Å². The molecule has 0 spiro atoms. The van der Waals surface area contributed by atoms with Gasteiger partial charge in [0.1, 0.15) is 5.52 Å². The molecule has 1 aromatic carbocycles. The minimum atomic E-state index is 0.281. The molecule has 3 rings (SSSR count). The van der Waals surface area contributed by atoms with Crippen molar-refractivity contribution in [1.29, 1.82) is 0 Å². The van der Waals surface area contributed by atoms with Crippen LogP contribution in [0.2, 0.25) is 0 Å². The summed E-state index contributed by atoms with van der Waals surface area (Å²) in [6, 6.07) is 6.23. The molecule has 0 amide bonds. The lowest BCUT2D eigenvalue weighted by molar-refractivity contribution is 0.410. The summed E-state index contributed by atoms with van der Waals surface area (Å²) in [5, 5.41) is 3.51. The van der Waals surface area contributed by atoms with Gasteiger partial charge in [-0.2, -0.15) is 0 Å². The number of hydrogen-bond acceptors (Lipinski definition) is 3. The van der Waals surface area contributed by atoms with E-state index in [4.69, 9.17) is 4.42 Å². The molecular formula is C13H15BrN2O. The lowest BCUT2D eigenvalue weighted by atomic mass is 10.1. The van der Waals surface area contributed by atoms with Crippen molar-refractivity contribution in [1.82, 2.24) is 10.3 Å². The van der Waals surface area contributed by atoms with Crippen molar-refractivity contribution in [3.05, 3.63) is 28.6 Å². The van der Waals surface area contributed by atoms with Gasteiger partial charge in [-0.1, -0.05) is 28.8 Å². The molecular weight excluding hydrogens is 280 g/mol. The Morgan fingerprint density at radius 3 is 3.18 bits per heavy atom. The summed E-state index contributed by atoms with van der Waals surface area (Å²) in [4.78, 5) is 4.58. The Morgan fingerprint density at radius 1 is 1.29 bits per heavy atom. The van der Waals surface area contributed by atoms with Crippen LogP contribution in [0, 0.1) is 0 Å². The number of nitrogens with one attached hydrogen (secondary N) is 1. The number of fused-ring (bicyclic) bond motifs is 1. The number of rotatable bonds is 1. The van der Waals surface area contributed by atoms with Gasteiger partial charge in [0.2, 0.25) is 5.89 Å². The fraction of sp³-hybridized carbons (Fsp3) is 0.462. The predicted molar refractivity (Wildman–Crippen MR) is 70.9 cm³/mol. The van der Waals surface area contributed by atoms with E-state index < -0.39 is 0 Å². The third kappa shape index (κ3) is 2.38. The number of benzene rings is 1. The minimum absolute atomic E-state index is 0.281. The summed E-state index contributed by atoms with van der Waals surface area (Å²) in [6.45, 7) is 1.06. The first kappa shape index (κ1) is 11.2. The summed E-state index contributed by atoms with van der Waals surface area (Å²) >= 11 is 3.45. The molecule has 0 bridgehead atoms. The third-order valence-corrected chi connectivity index (χ3v) is 3.72. The monoisotopic (exact) mass is 294 g/mol. The van der Waals surface area contributed by atoms with Crippen LogP contribution in [0.25, 0.3) is 11.1 Å². The lowest BCUT2D eigenvalue weighted by Gasteiger charge is -2.10. The van der Waals surface area contributed by atoms with E-state index in [1.807, 2.05) is 18.2 Å². The van der Waals surface area contributed by atoms with Crippen LogP contribution in [0.3, 0.4) is 0 Å². The largest absolute Gasteiger partial charge is 0.439 e. The SMILES string of the molecule is Brc1ccc2oc(C3CCCCCN3)nc2c1. The highest BCUT2D eigenvalue weighted by atomic mass is 79.9. The molecule has 1 fully saturated rings. The first-order valence-electron chi connectivity index (χ1n) is 6.12. The highest BCUT2D eigenvalue weighted by molar-refractivity contribution is 9.10. The van der Waals surface area contributed by atoms with Gasteiger partial charge in [0.05, 0.1) is 6.04 Å². The fourth-order valence-electron chi connectivity index (χ4n) is 2.31. The molecule has 1 aliphatic rings. The van der Waals surface area contributed by atoms with Crippen molar-refractivity contribution in [2.24, 2.45) is 0 Å². The number of oxazole rings is 1. The van der Waals surface area contributed by atoms with Gasteiger partial charge in [-0.05, 0) is 37.6 Å². The van der Waals surface area contributed by atoms with E-state index in [2.05, 4.69) is 26.2 Å². The van der Waals surface area contributed by atoms with Crippen LogP contribution < -0.4 is 5.32 Å². The zero-order chi connectivity index (χ0) is 11.7. The summed E-state index contributed by atoms with van der Waals surface area (Å²) < 4.78 is 6.86. The first-order valence-corrected chi connectivity index (χ1v) is 6.91. The maximum atomic E-state index is 5.82. The summed E-state index contributed by atoms with van der Waals surface area (Å²) in [6.07, 6.45) is 4.92. The van der Waals surface area contributed by atoms with E-state index in [0.717, 1.165) is 34.4 Å². The second-order valence-electron chi connectivity index (χ2n) is 4.52. The molecule has 1 aromatic heterocycles. The third-order valence-electron chi connectivity index (χ3n) is 3.22. The molecule has 1 atom stereocenters. The molecule has 1 saturated heterocycles. The standard InChI is InChI=1S/C13H15BrN2O/c14-9-5-6-12-11(8-9)16-13(17-12)10-4-2-1-3-7-15-10/h5-6,8,10,15H,1-4,7H2. The Hall–Kier alpha value is -0.870. The second kappa shape index (κ2) is 4.78. The normalized spacial score (nSPS) is 21.6. The van der Waals surface area contributed by atoms with Crippen LogP contribution in [-0.2, 0) is 0 Å². The number of hydrogen-bond donors (Lipinski definition) is 1. The van der Waals surface area contributed by atoms with Crippen LogP contribution in [0.1, 0.15) is 37.6 Å². The van der Waals surface area contributed by atoms with Crippen LogP contribution in [0.15, 0.2) is 27.1 Å². The number of halogens is 1. The molecule has 1 N–H and O–H groups in total. The molecule has 3 nitrogen and oxygen atoms in total. The van der Waals surface area contributed by atoms with Crippen molar-refractivity contribution in [3.63, 3.8) is 0 Å². The Balaban J connectivity index is 1.93. The Bertz CT molecular complexity index is 515. The maximum absolute atomic E-state index is 5.82. The minimum Gasteiger partial charge on any atom is -0.439 e. The van der Waals surface area contributed by atoms with Crippen LogP contribution in [-0.4, -0.2) is 11.5 Å². The summed E-state index contributed by atoms with van der Waals surface area (Å²) in [7, 11) is 0. The molecule has 0 radical (unpaired) electrons. The van der Waals surface area contributed by atoms with Crippen molar-refractivity contribution < 1.29 is 4.42 Å². The van der Waals surface area contributed by atoms with E-state index in [-0.39, 0.29) is 6.04 Å². The van der Waals surface area contributed by atoms with Gasteiger partial charge in [-0.25, -0.2) is 4.98 Å². The summed E-state index contributed by atoms with van der Waals surface area (Å²) in [5.74, 6) is 0.833. The van der Waals surface area contributed by atoms with Gasteiger partial charge in [0.25, 0.3) is 0 Å². The van der Waals surface area contributed by atoms with Gasteiger partial charge in [0, 0.05) is 4.47 Å². The average Bonchev–Trinajstić information content (AvgIpc) is 2.57. The molecule has 0 aliphatic carbocycles. The molecule has 0 saturated carbocycles. The molecule has 2 aromatic rings. The maximum Gasteiger partial charge on any atom is 0.212 e. The molecule has 1 aliphatic heterocycles. The average molecular weight is 295 g/mol. The topological polar surface area (TPSA) is 38.1 Å². The molecule has 17 heavy (non-hydrogen) atoms.